The molecule has 0 saturated carbocycles. The van der Waals surface area contributed by atoms with Crippen molar-refractivity contribution in [1.29, 1.82) is 0 Å². The molecular formula is C11H13FO4. The van der Waals surface area contributed by atoms with E-state index in [1.165, 1.54) is 26.0 Å². The molecule has 2 atom stereocenters. The summed E-state index contributed by atoms with van der Waals surface area (Å²) in [6.45, 7) is 2.82. The molecule has 1 rings (SSSR count). The lowest BCUT2D eigenvalue weighted by Crippen LogP contribution is -2.23. The number of aliphatic hydroxyl groups excluding tert-OH is 1. The third-order valence-corrected chi connectivity index (χ3v) is 2.08. The van der Waals surface area contributed by atoms with Crippen molar-refractivity contribution in [2.75, 3.05) is 0 Å². The average molecular weight is 228 g/mol. The van der Waals surface area contributed by atoms with Crippen LogP contribution in [0.5, 0.6) is 5.75 Å². The average Bonchev–Trinajstić information content (AvgIpc) is 2.16. The summed E-state index contributed by atoms with van der Waals surface area (Å²) >= 11 is 0. The number of ether oxygens (including phenoxy) is 1. The quantitative estimate of drug-likeness (QED) is 0.823. The number of aliphatic carboxylic acids is 1. The Balaban J connectivity index is 3.01. The zero-order valence-electron chi connectivity index (χ0n) is 8.98. The maximum Gasteiger partial charge on any atom is 0.344 e. The van der Waals surface area contributed by atoms with Crippen LogP contribution in [0.25, 0.3) is 0 Å². The van der Waals surface area contributed by atoms with E-state index >= 15 is 0 Å². The second-order valence-corrected chi connectivity index (χ2v) is 3.46. The summed E-state index contributed by atoms with van der Waals surface area (Å²) in [6, 6.07) is 3.60. The number of halogens is 1. The fourth-order valence-corrected chi connectivity index (χ4v) is 1.20. The van der Waals surface area contributed by atoms with Crippen LogP contribution in [0.2, 0.25) is 0 Å². The van der Waals surface area contributed by atoms with Gasteiger partial charge in [0.2, 0.25) is 0 Å². The van der Waals surface area contributed by atoms with E-state index in [0.717, 1.165) is 6.07 Å². The lowest BCUT2D eigenvalue weighted by molar-refractivity contribution is -0.144. The Hall–Kier alpha value is -1.62. The Morgan fingerprint density at radius 3 is 2.56 bits per heavy atom. The Morgan fingerprint density at radius 1 is 1.44 bits per heavy atom. The van der Waals surface area contributed by atoms with Gasteiger partial charge in [-0.25, -0.2) is 9.18 Å². The molecule has 0 amide bonds. The summed E-state index contributed by atoms with van der Waals surface area (Å²) in [6.07, 6.45) is -1.95. The van der Waals surface area contributed by atoms with Crippen LogP contribution in [-0.2, 0) is 4.79 Å². The maximum atomic E-state index is 13.0. The largest absolute Gasteiger partial charge is 0.479 e. The molecule has 0 aromatic heterocycles. The summed E-state index contributed by atoms with van der Waals surface area (Å²) in [5.74, 6) is -1.65. The summed E-state index contributed by atoms with van der Waals surface area (Å²) in [4.78, 5) is 10.6. The predicted octanol–water partition coefficient (Wildman–Crippen LogP) is 1.73. The monoisotopic (exact) mass is 228 g/mol. The lowest BCUT2D eigenvalue weighted by Gasteiger charge is -2.15. The first-order chi connectivity index (χ1) is 7.41. The minimum Gasteiger partial charge on any atom is -0.479 e. The van der Waals surface area contributed by atoms with Crippen molar-refractivity contribution in [3.05, 3.63) is 29.6 Å². The Morgan fingerprint density at radius 2 is 2.06 bits per heavy atom. The minimum atomic E-state index is -1.15. The molecule has 1 unspecified atom stereocenters. The Labute approximate surface area is 92.3 Å². The predicted molar refractivity (Wildman–Crippen MR) is 54.8 cm³/mol. The summed E-state index contributed by atoms with van der Waals surface area (Å²) in [5, 5.41) is 18.1. The van der Waals surface area contributed by atoms with E-state index in [1.807, 2.05) is 0 Å². The molecule has 2 N–H and O–H groups in total. The third kappa shape index (κ3) is 2.93. The highest BCUT2D eigenvalue weighted by Crippen LogP contribution is 2.26. The number of carbonyl (C=O) groups is 1. The molecule has 0 aliphatic carbocycles. The van der Waals surface area contributed by atoms with Crippen LogP contribution >= 0.6 is 0 Å². The van der Waals surface area contributed by atoms with E-state index in [0.29, 0.717) is 5.56 Å². The molecule has 0 radical (unpaired) electrons. The second-order valence-electron chi connectivity index (χ2n) is 3.46. The van der Waals surface area contributed by atoms with Gasteiger partial charge in [0, 0.05) is 11.6 Å². The fourth-order valence-electron chi connectivity index (χ4n) is 1.20. The van der Waals surface area contributed by atoms with E-state index in [2.05, 4.69) is 0 Å². The van der Waals surface area contributed by atoms with Crippen LogP contribution in [0.15, 0.2) is 18.2 Å². The normalized spacial score (nSPS) is 14.2. The van der Waals surface area contributed by atoms with Gasteiger partial charge in [-0.3, -0.25) is 0 Å². The van der Waals surface area contributed by atoms with Crippen LogP contribution in [-0.4, -0.2) is 22.3 Å². The molecule has 1 aromatic carbocycles. The van der Waals surface area contributed by atoms with E-state index in [1.54, 1.807) is 0 Å². The van der Waals surface area contributed by atoms with Gasteiger partial charge < -0.3 is 14.9 Å². The lowest BCUT2D eigenvalue weighted by atomic mass is 10.1. The third-order valence-electron chi connectivity index (χ3n) is 2.08. The molecule has 1 aromatic rings. The SMILES string of the molecule is CC(Oc1cc(F)ccc1[C@H](C)O)C(=O)O. The van der Waals surface area contributed by atoms with Crippen molar-refractivity contribution in [3.63, 3.8) is 0 Å². The second kappa shape index (κ2) is 4.94. The van der Waals surface area contributed by atoms with E-state index < -0.39 is 24.0 Å². The van der Waals surface area contributed by atoms with Gasteiger partial charge in [-0.1, -0.05) is 0 Å². The number of benzene rings is 1. The van der Waals surface area contributed by atoms with Crippen LogP contribution in [0.1, 0.15) is 25.5 Å². The van der Waals surface area contributed by atoms with Crippen molar-refractivity contribution in [3.8, 4) is 5.75 Å². The van der Waals surface area contributed by atoms with E-state index in [4.69, 9.17) is 9.84 Å². The Kier molecular flexibility index (Phi) is 3.84. The summed E-state index contributed by atoms with van der Waals surface area (Å²) in [5.41, 5.74) is 0.356. The number of aliphatic hydroxyl groups is 1. The number of carboxylic acids is 1. The molecule has 0 bridgehead atoms. The molecule has 5 heteroatoms. The number of carboxylic acid groups (broad SMARTS) is 1. The standard InChI is InChI=1S/C11H13FO4/c1-6(13)9-4-3-8(12)5-10(9)16-7(2)11(14)15/h3-7,13H,1-2H3,(H,14,15)/t6-,7?/m0/s1. The first-order valence-corrected chi connectivity index (χ1v) is 4.78. The van der Waals surface area contributed by atoms with Crippen molar-refractivity contribution >= 4 is 5.97 Å². The van der Waals surface area contributed by atoms with Gasteiger partial charge in [0.15, 0.2) is 6.10 Å². The highest BCUT2D eigenvalue weighted by Gasteiger charge is 2.17. The van der Waals surface area contributed by atoms with Crippen molar-refractivity contribution in [2.24, 2.45) is 0 Å². The zero-order chi connectivity index (χ0) is 12.3. The van der Waals surface area contributed by atoms with Gasteiger partial charge in [-0.05, 0) is 26.0 Å². The summed E-state index contributed by atoms with van der Waals surface area (Å²) in [7, 11) is 0. The van der Waals surface area contributed by atoms with Gasteiger partial charge in [0.1, 0.15) is 11.6 Å². The number of hydrogen-bond acceptors (Lipinski definition) is 3. The first kappa shape index (κ1) is 12.4. The number of rotatable bonds is 4. The molecule has 0 aliphatic rings. The van der Waals surface area contributed by atoms with Gasteiger partial charge in [-0.2, -0.15) is 0 Å². The topological polar surface area (TPSA) is 66.8 Å². The van der Waals surface area contributed by atoms with Crippen LogP contribution in [0, 0.1) is 5.82 Å². The summed E-state index contributed by atoms with van der Waals surface area (Å²) < 4.78 is 18.0. The molecule has 4 nitrogen and oxygen atoms in total. The molecule has 16 heavy (non-hydrogen) atoms. The molecule has 0 heterocycles. The minimum absolute atomic E-state index is 0.0462. The fraction of sp³-hybridized carbons (Fsp3) is 0.364. The van der Waals surface area contributed by atoms with Gasteiger partial charge in [-0.15, -0.1) is 0 Å². The van der Waals surface area contributed by atoms with Crippen LogP contribution < -0.4 is 4.74 Å². The molecular weight excluding hydrogens is 215 g/mol. The van der Waals surface area contributed by atoms with E-state index in [-0.39, 0.29) is 5.75 Å². The molecule has 0 saturated heterocycles. The molecule has 0 spiro atoms. The van der Waals surface area contributed by atoms with E-state index in [9.17, 15) is 14.3 Å². The van der Waals surface area contributed by atoms with Crippen LogP contribution in [0.4, 0.5) is 4.39 Å². The van der Waals surface area contributed by atoms with Gasteiger partial charge >= 0.3 is 5.97 Å². The van der Waals surface area contributed by atoms with Crippen LogP contribution in [0.3, 0.4) is 0 Å². The van der Waals surface area contributed by atoms with Gasteiger partial charge in [0.05, 0.1) is 6.10 Å². The van der Waals surface area contributed by atoms with Gasteiger partial charge in [0.25, 0.3) is 0 Å². The molecule has 0 fully saturated rings. The van der Waals surface area contributed by atoms with Crippen molar-refractivity contribution < 1.29 is 24.1 Å². The molecule has 0 aliphatic heterocycles. The maximum absolute atomic E-state index is 13.0. The molecule has 88 valence electrons. The van der Waals surface area contributed by atoms with Crippen molar-refractivity contribution in [2.45, 2.75) is 26.1 Å². The van der Waals surface area contributed by atoms with Crippen molar-refractivity contribution in [1.82, 2.24) is 0 Å². The highest BCUT2D eigenvalue weighted by atomic mass is 19.1. The number of hydrogen-bond donors (Lipinski definition) is 2. The smallest absolute Gasteiger partial charge is 0.344 e. The zero-order valence-corrected chi connectivity index (χ0v) is 8.98. The highest BCUT2D eigenvalue weighted by molar-refractivity contribution is 5.72. The first-order valence-electron chi connectivity index (χ1n) is 4.78. The Bertz CT molecular complexity index is 390.